The first-order valence-electron chi connectivity index (χ1n) is 6.37. The van der Waals surface area contributed by atoms with E-state index < -0.39 is 25.6 Å². The van der Waals surface area contributed by atoms with Crippen LogP contribution in [0.5, 0.6) is 0 Å². The third-order valence-electron chi connectivity index (χ3n) is 3.34. The second kappa shape index (κ2) is 6.10. The molecular weight excluding hydrogens is 316 g/mol. The van der Waals surface area contributed by atoms with Crippen molar-refractivity contribution in [2.24, 2.45) is 0 Å². The predicted molar refractivity (Wildman–Crippen MR) is 80.7 cm³/mol. The van der Waals surface area contributed by atoms with Crippen molar-refractivity contribution in [1.29, 1.82) is 0 Å². The number of nitro groups is 1. The summed E-state index contributed by atoms with van der Waals surface area (Å²) < 4.78 is 34.2. The van der Waals surface area contributed by atoms with Crippen LogP contribution in [0.3, 0.4) is 0 Å². The minimum atomic E-state index is -3.49. The van der Waals surface area contributed by atoms with Crippen LogP contribution in [-0.4, -0.2) is 41.4 Å². The maximum absolute atomic E-state index is 11.5. The summed E-state index contributed by atoms with van der Waals surface area (Å²) in [5, 5.41) is 14.2. The maximum Gasteiger partial charge on any atom is 0.293 e. The summed E-state index contributed by atoms with van der Waals surface area (Å²) in [6.07, 6.45) is 2.37. The fraction of sp³-hybridized carbons (Fsp3) is 0.500. The molecule has 1 aromatic carbocycles. The quantitative estimate of drug-likeness (QED) is 0.658. The zero-order valence-corrected chi connectivity index (χ0v) is 13.1. The zero-order chi connectivity index (χ0) is 15.6. The molecule has 1 N–H and O–H groups in total. The van der Waals surface area contributed by atoms with Gasteiger partial charge in [0.1, 0.15) is 5.69 Å². The number of nitrogens with one attached hydrogen (secondary N) is 1. The van der Waals surface area contributed by atoms with Gasteiger partial charge in [0.15, 0.2) is 9.84 Å². The molecule has 1 aromatic rings. The summed E-state index contributed by atoms with van der Waals surface area (Å²) in [4.78, 5) is 10.4. The molecule has 0 atom stereocenters. The number of rotatable bonds is 4. The highest BCUT2D eigenvalue weighted by Crippen LogP contribution is 2.29. The average Bonchev–Trinajstić information content (AvgIpc) is 2.40. The molecule has 0 unspecified atom stereocenters. The number of sulfone groups is 1. The second-order valence-corrected chi connectivity index (χ2v) is 8.69. The van der Waals surface area contributed by atoms with Gasteiger partial charge in [-0.3, -0.25) is 14.3 Å². The molecule has 1 aliphatic rings. The van der Waals surface area contributed by atoms with E-state index in [2.05, 4.69) is 5.32 Å². The minimum Gasteiger partial charge on any atom is -0.377 e. The van der Waals surface area contributed by atoms with Gasteiger partial charge < -0.3 is 5.32 Å². The molecule has 2 rings (SSSR count). The average molecular weight is 332 g/mol. The van der Waals surface area contributed by atoms with Crippen molar-refractivity contribution in [2.75, 3.05) is 23.1 Å². The van der Waals surface area contributed by atoms with Gasteiger partial charge in [-0.05, 0) is 25.0 Å². The lowest BCUT2D eigenvalue weighted by atomic mass is 10.1. The maximum atomic E-state index is 11.5. The SMILES string of the molecule is CS(=O)(=O)c1ccc(NC2CCS(=O)CC2)c([N+](=O)[O-])c1. The van der Waals surface area contributed by atoms with Gasteiger partial charge >= 0.3 is 0 Å². The molecule has 7 nitrogen and oxygen atoms in total. The lowest BCUT2D eigenvalue weighted by Gasteiger charge is -2.23. The van der Waals surface area contributed by atoms with Gasteiger partial charge in [-0.15, -0.1) is 0 Å². The minimum absolute atomic E-state index is 0.0190. The molecule has 1 fully saturated rings. The highest BCUT2D eigenvalue weighted by molar-refractivity contribution is 7.90. The van der Waals surface area contributed by atoms with Gasteiger partial charge in [0.05, 0.1) is 9.82 Å². The topological polar surface area (TPSA) is 106 Å². The summed E-state index contributed by atoms with van der Waals surface area (Å²) in [5.41, 5.74) is 0.0368. The van der Waals surface area contributed by atoms with Crippen LogP contribution in [0.4, 0.5) is 11.4 Å². The number of hydrogen-bond acceptors (Lipinski definition) is 6. The summed E-state index contributed by atoms with van der Waals surface area (Å²) in [5.74, 6) is 1.15. The molecule has 116 valence electrons. The summed E-state index contributed by atoms with van der Waals surface area (Å²) in [6.45, 7) is 0. The Kier molecular flexibility index (Phi) is 4.62. The normalized spacial score (nSPS) is 22.7. The smallest absolute Gasteiger partial charge is 0.293 e. The number of nitrogens with zero attached hydrogens (tertiary/aromatic N) is 1. The molecule has 9 heteroatoms. The summed E-state index contributed by atoms with van der Waals surface area (Å²) >= 11 is 0. The molecule has 0 radical (unpaired) electrons. The van der Waals surface area contributed by atoms with Crippen molar-refractivity contribution >= 4 is 32.0 Å². The van der Waals surface area contributed by atoms with Crippen molar-refractivity contribution in [3.05, 3.63) is 28.3 Å². The van der Waals surface area contributed by atoms with Crippen LogP contribution in [0.2, 0.25) is 0 Å². The van der Waals surface area contributed by atoms with Gasteiger partial charge in [-0.2, -0.15) is 0 Å². The summed E-state index contributed by atoms with van der Waals surface area (Å²) in [7, 11) is -4.29. The van der Waals surface area contributed by atoms with E-state index in [1.54, 1.807) is 0 Å². The molecule has 0 amide bonds. The molecule has 0 spiro atoms. The van der Waals surface area contributed by atoms with E-state index in [1.165, 1.54) is 12.1 Å². The van der Waals surface area contributed by atoms with Crippen molar-refractivity contribution in [3.8, 4) is 0 Å². The largest absolute Gasteiger partial charge is 0.377 e. The van der Waals surface area contributed by atoms with Crippen LogP contribution in [0.1, 0.15) is 12.8 Å². The first-order valence-corrected chi connectivity index (χ1v) is 9.75. The number of anilines is 1. The van der Waals surface area contributed by atoms with Crippen LogP contribution >= 0.6 is 0 Å². The highest BCUT2D eigenvalue weighted by Gasteiger charge is 2.23. The first-order chi connectivity index (χ1) is 9.77. The Morgan fingerprint density at radius 2 is 1.95 bits per heavy atom. The van der Waals surface area contributed by atoms with Crippen molar-refractivity contribution in [2.45, 2.75) is 23.8 Å². The van der Waals surface area contributed by atoms with Crippen LogP contribution in [0.25, 0.3) is 0 Å². The molecular formula is C12H16N2O5S2. The van der Waals surface area contributed by atoms with E-state index in [1.807, 2.05) is 0 Å². The van der Waals surface area contributed by atoms with Crippen LogP contribution in [0.15, 0.2) is 23.1 Å². The Morgan fingerprint density at radius 3 is 2.48 bits per heavy atom. The first kappa shape index (κ1) is 15.9. The molecule has 1 heterocycles. The third kappa shape index (κ3) is 4.01. The Balaban J connectivity index is 2.27. The molecule has 0 aromatic heterocycles. The number of benzene rings is 1. The van der Waals surface area contributed by atoms with Crippen molar-refractivity contribution in [3.63, 3.8) is 0 Å². The van der Waals surface area contributed by atoms with Gasteiger partial charge in [-0.25, -0.2) is 8.42 Å². The van der Waals surface area contributed by atoms with Crippen molar-refractivity contribution < 1.29 is 17.6 Å². The van der Waals surface area contributed by atoms with E-state index in [-0.39, 0.29) is 16.6 Å². The van der Waals surface area contributed by atoms with Gasteiger partial charge in [-0.1, -0.05) is 0 Å². The molecule has 21 heavy (non-hydrogen) atoms. The Hall–Kier alpha value is -1.48. The van der Waals surface area contributed by atoms with Crippen LogP contribution in [0, 0.1) is 10.1 Å². The van der Waals surface area contributed by atoms with E-state index in [0.717, 1.165) is 12.3 Å². The number of nitro benzene ring substituents is 1. The standard InChI is InChI=1S/C12H16N2O5S2/c1-21(18,19)10-2-3-11(12(8-10)14(15)16)13-9-4-6-20(17)7-5-9/h2-3,8-9,13H,4-7H2,1H3. The van der Waals surface area contributed by atoms with Crippen LogP contribution in [-0.2, 0) is 20.6 Å². The van der Waals surface area contributed by atoms with Gasteiger partial charge in [0, 0.05) is 40.7 Å². The Labute approximate surface area is 125 Å². The van der Waals surface area contributed by atoms with E-state index in [4.69, 9.17) is 0 Å². The fourth-order valence-corrected chi connectivity index (χ4v) is 4.11. The van der Waals surface area contributed by atoms with Crippen LogP contribution < -0.4 is 5.32 Å². The van der Waals surface area contributed by atoms with Gasteiger partial charge in [0.25, 0.3) is 5.69 Å². The predicted octanol–water partition coefficient (Wildman–Crippen LogP) is 1.32. The molecule has 0 aliphatic carbocycles. The lowest BCUT2D eigenvalue weighted by molar-refractivity contribution is -0.384. The van der Waals surface area contributed by atoms with E-state index in [0.29, 0.717) is 30.0 Å². The Morgan fingerprint density at radius 1 is 1.33 bits per heavy atom. The van der Waals surface area contributed by atoms with E-state index in [9.17, 15) is 22.7 Å². The number of hydrogen-bond donors (Lipinski definition) is 1. The highest BCUT2D eigenvalue weighted by atomic mass is 32.2. The lowest BCUT2D eigenvalue weighted by Crippen LogP contribution is -2.29. The second-order valence-electron chi connectivity index (χ2n) is 4.97. The monoisotopic (exact) mass is 332 g/mol. The van der Waals surface area contributed by atoms with Crippen molar-refractivity contribution in [1.82, 2.24) is 0 Å². The molecule has 1 aliphatic heterocycles. The zero-order valence-electron chi connectivity index (χ0n) is 11.4. The summed E-state index contributed by atoms with van der Waals surface area (Å²) in [6, 6.07) is 3.86. The molecule has 1 saturated heterocycles. The third-order valence-corrected chi connectivity index (χ3v) is 5.83. The molecule has 0 bridgehead atoms. The Bertz CT molecular complexity index is 677. The molecule has 0 saturated carbocycles. The fourth-order valence-electron chi connectivity index (χ4n) is 2.17. The van der Waals surface area contributed by atoms with Gasteiger partial charge in [0.2, 0.25) is 0 Å². The van der Waals surface area contributed by atoms with E-state index >= 15 is 0 Å².